The van der Waals surface area contributed by atoms with Gasteiger partial charge < -0.3 is 20.9 Å². The highest BCUT2D eigenvalue weighted by atomic mass is 32.2. The van der Waals surface area contributed by atoms with Gasteiger partial charge in [-0.25, -0.2) is 0 Å². The van der Waals surface area contributed by atoms with Crippen molar-refractivity contribution in [2.75, 3.05) is 32.3 Å². The summed E-state index contributed by atoms with van der Waals surface area (Å²) in [4.78, 5) is 11.6. The number of aliphatic hydroxyl groups is 1. The highest BCUT2D eigenvalue weighted by Gasteiger charge is 2.22. The molecule has 17 heavy (non-hydrogen) atoms. The zero-order valence-corrected chi connectivity index (χ0v) is 11.7. The van der Waals surface area contributed by atoms with Crippen molar-refractivity contribution in [2.45, 2.75) is 31.4 Å². The van der Waals surface area contributed by atoms with Crippen LogP contribution in [-0.2, 0) is 9.53 Å². The van der Waals surface area contributed by atoms with Gasteiger partial charge in [-0.2, -0.15) is 11.8 Å². The molecular weight excluding hydrogens is 240 g/mol. The van der Waals surface area contributed by atoms with Crippen LogP contribution in [0, 0.1) is 0 Å². The Balaban J connectivity index is 3.88. The van der Waals surface area contributed by atoms with Crippen molar-refractivity contribution in [3.63, 3.8) is 0 Å². The number of rotatable bonds is 9. The smallest absolute Gasteiger partial charge is 0.237 e. The number of ether oxygens (including phenoxy) is 1. The molecule has 1 unspecified atom stereocenters. The standard InChI is InChI=1S/C11H24N2O3S/c1-11(15,5-6-16-2)8-13-10(14)9(12)4-7-17-3/h9,15H,4-8,12H2,1-3H3,(H,13,14)/t9-,11?/m1/s1. The number of methoxy groups -OCH3 is 1. The number of carbonyl (C=O) groups excluding carboxylic acids is 1. The minimum atomic E-state index is -0.953. The van der Waals surface area contributed by atoms with Gasteiger partial charge in [0.05, 0.1) is 11.6 Å². The van der Waals surface area contributed by atoms with Crippen molar-refractivity contribution in [1.82, 2.24) is 5.32 Å². The lowest BCUT2D eigenvalue weighted by Crippen LogP contribution is -2.47. The number of amides is 1. The summed E-state index contributed by atoms with van der Waals surface area (Å²) in [6.07, 6.45) is 3.09. The van der Waals surface area contributed by atoms with Crippen LogP contribution in [0.5, 0.6) is 0 Å². The lowest BCUT2D eigenvalue weighted by atomic mass is 10.0. The van der Waals surface area contributed by atoms with Gasteiger partial charge >= 0.3 is 0 Å². The molecule has 0 heterocycles. The van der Waals surface area contributed by atoms with Crippen molar-refractivity contribution in [1.29, 1.82) is 0 Å². The summed E-state index contributed by atoms with van der Waals surface area (Å²) in [6.45, 7) is 2.32. The van der Waals surface area contributed by atoms with Gasteiger partial charge in [-0.1, -0.05) is 0 Å². The predicted octanol–water partition coefficient (Wildman–Crippen LogP) is -0.0295. The van der Waals surface area contributed by atoms with Crippen LogP contribution in [0.15, 0.2) is 0 Å². The van der Waals surface area contributed by atoms with E-state index in [2.05, 4.69) is 5.32 Å². The number of hydrogen-bond donors (Lipinski definition) is 3. The molecule has 0 saturated carbocycles. The molecule has 1 amide bonds. The van der Waals surface area contributed by atoms with E-state index in [9.17, 15) is 9.90 Å². The number of carbonyl (C=O) groups is 1. The Morgan fingerprint density at radius 1 is 1.65 bits per heavy atom. The monoisotopic (exact) mass is 264 g/mol. The van der Waals surface area contributed by atoms with Crippen LogP contribution in [-0.4, -0.2) is 54.9 Å². The molecule has 0 saturated heterocycles. The minimum absolute atomic E-state index is 0.197. The van der Waals surface area contributed by atoms with Gasteiger partial charge in [0.15, 0.2) is 0 Å². The molecule has 0 spiro atoms. The zero-order valence-electron chi connectivity index (χ0n) is 10.9. The van der Waals surface area contributed by atoms with Gasteiger partial charge in [-0.3, -0.25) is 4.79 Å². The fraction of sp³-hybridized carbons (Fsp3) is 0.909. The third-order valence-corrected chi connectivity index (χ3v) is 3.10. The fourth-order valence-electron chi connectivity index (χ4n) is 1.19. The molecule has 5 nitrogen and oxygen atoms in total. The molecule has 2 atom stereocenters. The second-order valence-corrected chi connectivity index (χ2v) is 5.33. The first-order chi connectivity index (χ1) is 7.93. The van der Waals surface area contributed by atoms with Crippen LogP contribution >= 0.6 is 11.8 Å². The lowest BCUT2D eigenvalue weighted by Gasteiger charge is -2.24. The molecule has 0 aromatic heterocycles. The van der Waals surface area contributed by atoms with Gasteiger partial charge in [0.1, 0.15) is 0 Å². The molecule has 102 valence electrons. The Hall–Kier alpha value is -0.300. The first-order valence-electron chi connectivity index (χ1n) is 5.66. The summed E-state index contributed by atoms with van der Waals surface area (Å²) in [5, 5.41) is 12.6. The summed E-state index contributed by atoms with van der Waals surface area (Å²) in [7, 11) is 1.58. The Labute approximate surface area is 107 Å². The molecule has 0 rings (SSSR count). The first kappa shape index (κ1) is 16.7. The minimum Gasteiger partial charge on any atom is -0.388 e. The van der Waals surface area contributed by atoms with Crippen LogP contribution < -0.4 is 11.1 Å². The lowest BCUT2D eigenvalue weighted by molar-refractivity contribution is -0.123. The average Bonchev–Trinajstić information content (AvgIpc) is 2.30. The molecule has 0 radical (unpaired) electrons. The molecule has 0 bridgehead atoms. The van der Waals surface area contributed by atoms with Gasteiger partial charge in [-0.15, -0.1) is 0 Å². The Bertz CT molecular complexity index is 225. The Kier molecular flexibility index (Phi) is 8.59. The fourth-order valence-corrected chi connectivity index (χ4v) is 1.68. The van der Waals surface area contributed by atoms with E-state index in [4.69, 9.17) is 10.5 Å². The van der Waals surface area contributed by atoms with Gasteiger partial charge in [0.2, 0.25) is 5.91 Å². The van der Waals surface area contributed by atoms with Crippen molar-refractivity contribution in [2.24, 2.45) is 5.73 Å². The van der Waals surface area contributed by atoms with Crippen LogP contribution in [0.2, 0.25) is 0 Å². The quantitative estimate of drug-likeness (QED) is 0.544. The molecule has 6 heteroatoms. The Morgan fingerprint density at radius 2 is 2.29 bits per heavy atom. The van der Waals surface area contributed by atoms with E-state index in [1.165, 1.54) is 0 Å². The SMILES string of the molecule is COCCC(C)(O)CNC(=O)[C@H](N)CCSC. The molecule has 0 fully saturated rings. The number of hydrogen-bond acceptors (Lipinski definition) is 5. The molecule has 4 N–H and O–H groups in total. The van der Waals surface area contributed by atoms with Gasteiger partial charge in [0.25, 0.3) is 0 Å². The maximum absolute atomic E-state index is 11.6. The zero-order chi connectivity index (χ0) is 13.3. The van der Waals surface area contributed by atoms with Crippen LogP contribution in [0.1, 0.15) is 19.8 Å². The third kappa shape index (κ3) is 8.43. The Morgan fingerprint density at radius 3 is 2.82 bits per heavy atom. The van der Waals surface area contributed by atoms with E-state index in [1.54, 1.807) is 25.8 Å². The summed E-state index contributed by atoms with van der Waals surface area (Å²) < 4.78 is 4.88. The van der Waals surface area contributed by atoms with Gasteiger partial charge in [-0.05, 0) is 25.4 Å². The van der Waals surface area contributed by atoms with E-state index < -0.39 is 11.6 Å². The number of nitrogens with one attached hydrogen (secondary N) is 1. The summed E-state index contributed by atoms with van der Waals surface area (Å²) in [5.74, 6) is 0.644. The van der Waals surface area contributed by atoms with E-state index in [0.29, 0.717) is 19.4 Å². The second-order valence-electron chi connectivity index (χ2n) is 4.35. The van der Waals surface area contributed by atoms with Crippen molar-refractivity contribution < 1.29 is 14.6 Å². The summed E-state index contributed by atoms with van der Waals surface area (Å²) in [5.41, 5.74) is 4.75. The van der Waals surface area contributed by atoms with Crippen molar-refractivity contribution >= 4 is 17.7 Å². The largest absolute Gasteiger partial charge is 0.388 e. The molecule has 0 aliphatic heterocycles. The molecule has 0 aromatic carbocycles. The summed E-state index contributed by atoms with van der Waals surface area (Å²) in [6, 6.07) is -0.499. The molecule has 0 aliphatic carbocycles. The first-order valence-corrected chi connectivity index (χ1v) is 7.06. The van der Waals surface area contributed by atoms with E-state index >= 15 is 0 Å². The predicted molar refractivity (Wildman–Crippen MR) is 71.1 cm³/mol. The van der Waals surface area contributed by atoms with Crippen LogP contribution in [0.3, 0.4) is 0 Å². The second kappa shape index (κ2) is 8.74. The molecule has 0 aromatic rings. The third-order valence-electron chi connectivity index (χ3n) is 2.46. The van der Waals surface area contributed by atoms with E-state index in [1.807, 2.05) is 6.26 Å². The maximum atomic E-state index is 11.6. The number of thioether (sulfide) groups is 1. The van der Waals surface area contributed by atoms with Gasteiger partial charge in [0, 0.05) is 26.7 Å². The van der Waals surface area contributed by atoms with Crippen LogP contribution in [0.4, 0.5) is 0 Å². The molecular formula is C11H24N2O3S. The summed E-state index contributed by atoms with van der Waals surface area (Å²) >= 11 is 1.66. The van der Waals surface area contributed by atoms with E-state index in [-0.39, 0.29) is 12.5 Å². The average molecular weight is 264 g/mol. The van der Waals surface area contributed by atoms with Crippen molar-refractivity contribution in [3.8, 4) is 0 Å². The topological polar surface area (TPSA) is 84.6 Å². The molecule has 0 aliphatic rings. The highest BCUT2D eigenvalue weighted by Crippen LogP contribution is 2.07. The normalized spacial score (nSPS) is 16.3. The van der Waals surface area contributed by atoms with Crippen LogP contribution in [0.25, 0.3) is 0 Å². The highest BCUT2D eigenvalue weighted by molar-refractivity contribution is 7.98. The van der Waals surface area contributed by atoms with E-state index in [0.717, 1.165) is 5.75 Å². The number of nitrogens with two attached hydrogens (primary N) is 1. The van der Waals surface area contributed by atoms with Crippen molar-refractivity contribution in [3.05, 3.63) is 0 Å². The maximum Gasteiger partial charge on any atom is 0.237 e.